The maximum Gasteiger partial charge on any atom is 0.312 e. The zero-order valence-electron chi connectivity index (χ0n) is 11.9. The third-order valence-electron chi connectivity index (χ3n) is 3.63. The minimum Gasteiger partial charge on any atom is -0.333 e. The van der Waals surface area contributed by atoms with Crippen molar-refractivity contribution < 1.29 is 9.59 Å². The molecule has 1 unspecified atom stereocenters. The van der Waals surface area contributed by atoms with Gasteiger partial charge in [0.25, 0.3) is 0 Å². The Hall–Kier alpha value is -1.06. The lowest BCUT2D eigenvalue weighted by Gasteiger charge is -2.37. The van der Waals surface area contributed by atoms with Gasteiger partial charge in [-0.25, -0.2) is 0 Å². The second-order valence-electron chi connectivity index (χ2n) is 5.14. The van der Waals surface area contributed by atoms with E-state index in [-0.39, 0.29) is 17.9 Å². The average Bonchev–Trinajstić information content (AvgIpc) is 2.37. The molecule has 0 aliphatic carbocycles. The number of carbonyl (C=O) groups is 2. The summed E-state index contributed by atoms with van der Waals surface area (Å²) >= 11 is 0. The molecule has 1 fully saturated rings. The normalized spacial score (nSPS) is 18.4. The summed E-state index contributed by atoms with van der Waals surface area (Å²) in [5.41, 5.74) is 0. The first-order chi connectivity index (χ1) is 8.61. The Labute approximate surface area is 110 Å². The molecule has 0 saturated carbocycles. The monoisotopic (exact) mass is 254 g/mol. The van der Waals surface area contributed by atoms with Crippen molar-refractivity contribution in [3.8, 4) is 0 Å². The van der Waals surface area contributed by atoms with E-state index >= 15 is 0 Å². The summed E-state index contributed by atoms with van der Waals surface area (Å²) in [6.45, 7) is 8.39. The molecule has 0 spiro atoms. The third kappa shape index (κ3) is 3.72. The summed E-state index contributed by atoms with van der Waals surface area (Å²) in [7, 11) is 0. The van der Waals surface area contributed by atoms with Crippen LogP contribution in [0.3, 0.4) is 0 Å². The highest BCUT2D eigenvalue weighted by Gasteiger charge is 2.34. The summed E-state index contributed by atoms with van der Waals surface area (Å²) in [6, 6.07) is 0.190. The van der Waals surface area contributed by atoms with Crippen LogP contribution in [0.2, 0.25) is 0 Å². The smallest absolute Gasteiger partial charge is 0.312 e. The molecule has 1 atom stereocenters. The second kappa shape index (κ2) is 7.39. The lowest BCUT2D eigenvalue weighted by Crippen LogP contribution is -2.56. The van der Waals surface area contributed by atoms with E-state index in [1.165, 1.54) is 0 Å². The summed E-state index contributed by atoms with van der Waals surface area (Å²) in [6.07, 6.45) is 5.26. The Kier molecular flexibility index (Phi) is 6.16. The molecule has 0 bridgehead atoms. The lowest BCUT2D eigenvalue weighted by atomic mass is 10.1. The molecule has 4 nitrogen and oxygen atoms in total. The van der Waals surface area contributed by atoms with Crippen LogP contribution in [0.15, 0.2) is 0 Å². The number of piperazine rings is 1. The van der Waals surface area contributed by atoms with Gasteiger partial charge in [0, 0.05) is 25.7 Å². The standard InChI is InChI=1S/C14H26N2O2/c1-4-6-8-12(3)16-11-10-15(9-7-5-2)13(17)14(16)18/h12H,4-11H2,1-3H3. The van der Waals surface area contributed by atoms with Crippen LogP contribution in [0.1, 0.15) is 52.9 Å². The molecule has 0 aromatic rings. The van der Waals surface area contributed by atoms with Crippen LogP contribution >= 0.6 is 0 Å². The van der Waals surface area contributed by atoms with Gasteiger partial charge in [-0.15, -0.1) is 0 Å². The Morgan fingerprint density at radius 1 is 1.06 bits per heavy atom. The predicted octanol–water partition coefficient (Wildman–Crippen LogP) is 2.04. The molecule has 0 N–H and O–H groups in total. The highest BCUT2D eigenvalue weighted by Crippen LogP contribution is 2.14. The third-order valence-corrected chi connectivity index (χ3v) is 3.63. The fraction of sp³-hybridized carbons (Fsp3) is 0.857. The molecular formula is C14H26N2O2. The van der Waals surface area contributed by atoms with Gasteiger partial charge in [0.1, 0.15) is 0 Å². The molecule has 1 rings (SSSR count). The van der Waals surface area contributed by atoms with Crippen molar-refractivity contribution in [2.24, 2.45) is 0 Å². The van der Waals surface area contributed by atoms with Crippen molar-refractivity contribution in [2.45, 2.75) is 58.9 Å². The van der Waals surface area contributed by atoms with Gasteiger partial charge in [-0.3, -0.25) is 9.59 Å². The van der Waals surface area contributed by atoms with Gasteiger partial charge in [0.05, 0.1) is 0 Å². The molecule has 2 amide bonds. The van der Waals surface area contributed by atoms with Crippen molar-refractivity contribution in [1.82, 2.24) is 9.80 Å². The molecular weight excluding hydrogens is 228 g/mol. The van der Waals surface area contributed by atoms with Crippen molar-refractivity contribution >= 4 is 11.8 Å². The van der Waals surface area contributed by atoms with Crippen molar-refractivity contribution in [2.75, 3.05) is 19.6 Å². The van der Waals surface area contributed by atoms with Gasteiger partial charge in [-0.2, -0.15) is 0 Å². The Morgan fingerprint density at radius 2 is 1.72 bits per heavy atom. The largest absolute Gasteiger partial charge is 0.333 e. The molecule has 1 saturated heterocycles. The van der Waals surface area contributed by atoms with Crippen molar-refractivity contribution in [1.29, 1.82) is 0 Å². The van der Waals surface area contributed by atoms with E-state index in [1.54, 1.807) is 9.80 Å². The first kappa shape index (κ1) is 15.0. The molecule has 1 heterocycles. The molecule has 0 radical (unpaired) electrons. The molecule has 0 aromatic heterocycles. The van der Waals surface area contributed by atoms with Gasteiger partial charge in [-0.1, -0.05) is 33.1 Å². The maximum atomic E-state index is 12.0. The van der Waals surface area contributed by atoms with Gasteiger partial charge in [-0.05, 0) is 19.8 Å². The number of rotatable bonds is 7. The van der Waals surface area contributed by atoms with E-state index in [1.807, 2.05) is 6.92 Å². The fourth-order valence-corrected chi connectivity index (χ4v) is 2.33. The van der Waals surface area contributed by atoms with Gasteiger partial charge in [0.2, 0.25) is 0 Å². The van der Waals surface area contributed by atoms with Crippen LogP contribution in [0.5, 0.6) is 0 Å². The summed E-state index contributed by atoms with van der Waals surface area (Å²) in [5.74, 6) is -0.612. The Balaban J connectivity index is 2.52. The van der Waals surface area contributed by atoms with Crippen LogP contribution in [0, 0.1) is 0 Å². The van der Waals surface area contributed by atoms with Gasteiger partial charge in [0.15, 0.2) is 0 Å². The first-order valence-electron chi connectivity index (χ1n) is 7.21. The van der Waals surface area contributed by atoms with Gasteiger partial charge >= 0.3 is 11.8 Å². The fourth-order valence-electron chi connectivity index (χ4n) is 2.33. The maximum absolute atomic E-state index is 12.0. The minimum absolute atomic E-state index is 0.190. The number of unbranched alkanes of at least 4 members (excludes halogenated alkanes) is 2. The molecule has 4 heteroatoms. The number of carbonyl (C=O) groups excluding carboxylic acids is 2. The van der Waals surface area contributed by atoms with Gasteiger partial charge < -0.3 is 9.80 Å². The SMILES string of the molecule is CCCCC(C)N1CCN(CCCC)C(=O)C1=O. The zero-order valence-corrected chi connectivity index (χ0v) is 11.9. The molecule has 1 aliphatic rings. The van der Waals surface area contributed by atoms with Crippen LogP contribution in [0.25, 0.3) is 0 Å². The van der Waals surface area contributed by atoms with Crippen LogP contribution in [-0.2, 0) is 9.59 Å². The number of nitrogens with zero attached hydrogens (tertiary/aromatic N) is 2. The second-order valence-corrected chi connectivity index (χ2v) is 5.14. The summed E-state index contributed by atoms with van der Waals surface area (Å²) in [4.78, 5) is 27.4. The first-order valence-corrected chi connectivity index (χ1v) is 7.21. The Morgan fingerprint density at radius 3 is 2.33 bits per heavy atom. The quantitative estimate of drug-likeness (QED) is 0.652. The summed E-state index contributed by atoms with van der Waals surface area (Å²) in [5, 5.41) is 0. The Bertz CT molecular complexity index is 292. The van der Waals surface area contributed by atoms with E-state index in [9.17, 15) is 9.59 Å². The topological polar surface area (TPSA) is 40.6 Å². The summed E-state index contributed by atoms with van der Waals surface area (Å²) < 4.78 is 0. The molecule has 18 heavy (non-hydrogen) atoms. The van der Waals surface area contributed by atoms with Crippen molar-refractivity contribution in [3.05, 3.63) is 0 Å². The van der Waals surface area contributed by atoms with E-state index < -0.39 is 0 Å². The number of amides is 2. The van der Waals surface area contributed by atoms with Crippen molar-refractivity contribution in [3.63, 3.8) is 0 Å². The molecule has 0 aromatic carbocycles. The van der Waals surface area contributed by atoms with E-state index in [2.05, 4.69) is 13.8 Å². The van der Waals surface area contributed by atoms with Crippen LogP contribution < -0.4 is 0 Å². The van der Waals surface area contributed by atoms with E-state index in [0.29, 0.717) is 13.1 Å². The number of hydrogen-bond donors (Lipinski definition) is 0. The zero-order chi connectivity index (χ0) is 13.5. The lowest BCUT2D eigenvalue weighted by molar-refractivity contribution is -0.157. The number of hydrogen-bond acceptors (Lipinski definition) is 2. The van der Waals surface area contributed by atoms with E-state index in [0.717, 1.165) is 38.6 Å². The van der Waals surface area contributed by atoms with Crippen LogP contribution in [-0.4, -0.2) is 47.3 Å². The van der Waals surface area contributed by atoms with Crippen LogP contribution in [0.4, 0.5) is 0 Å². The highest BCUT2D eigenvalue weighted by atomic mass is 16.2. The molecule has 1 aliphatic heterocycles. The molecule has 104 valence electrons. The minimum atomic E-state index is -0.307. The average molecular weight is 254 g/mol. The van der Waals surface area contributed by atoms with E-state index in [4.69, 9.17) is 0 Å². The predicted molar refractivity (Wildman–Crippen MR) is 72.2 cm³/mol. The highest BCUT2D eigenvalue weighted by molar-refractivity contribution is 6.35.